The standard InChI is InChI=1S/C14H17Br2N3/c1-3-11-14(16)13(19(4-2)18-11)9-17-12-8-6-5-7-10(12)15/h5-8,17H,3-4,9H2,1-2H3. The average molecular weight is 387 g/mol. The third-order valence-corrected chi connectivity index (χ3v) is 4.62. The third-order valence-electron chi connectivity index (χ3n) is 3.01. The highest BCUT2D eigenvalue weighted by Gasteiger charge is 2.13. The van der Waals surface area contributed by atoms with Crippen LogP contribution in [0.5, 0.6) is 0 Å². The molecule has 0 aliphatic carbocycles. The highest BCUT2D eigenvalue weighted by atomic mass is 79.9. The molecule has 0 spiro atoms. The Labute approximate surface area is 130 Å². The summed E-state index contributed by atoms with van der Waals surface area (Å²) in [6.07, 6.45) is 0.940. The van der Waals surface area contributed by atoms with E-state index >= 15 is 0 Å². The Balaban J connectivity index is 2.20. The zero-order chi connectivity index (χ0) is 13.8. The zero-order valence-corrected chi connectivity index (χ0v) is 14.3. The monoisotopic (exact) mass is 385 g/mol. The maximum absolute atomic E-state index is 4.60. The van der Waals surface area contributed by atoms with Crippen LogP contribution in [-0.2, 0) is 19.5 Å². The Kier molecular flexibility index (Phi) is 5.05. The molecule has 1 aromatic heterocycles. The van der Waals surface area contributed by atoms with E-state index in [9.17, 15) is 0 Å². The second-order valence-electron chi connectivity index (χ2n) is 4.21. The van der Waals surface area contributed by atoms with Crippen molar-refractivity contribution >= 4 is 37.5 Å². The summed E-state index contributed by atoms with van der Waals surface area (Å²) < 4.78 is 4.24. The van der Waals surface area contributed by atoms with Crippen LogP contribution in [0.4, 0.5) is 5.69 Å². The molecule has 0 saturated carbocycles. The van der Waals surface area contributed by atoms with Gasteiger partial charge in [0.25, 0.3) is 0 Å². The Hall–Kier alpha value is -0.810. The van der Waals surface area contributed by atoms with E-state index in [4.69, 9.17) is 0 Å². The van der Waals surface area contributed by atoms with Crippen molar-refractivity contribution in [1.82, 2.24) is 9.78 Å². The number of para-hydroxylation sites is 1. The first-order valence-corrected chi connectivity index (χ1v) is 7.98. The molecule has 0 atom stereocenters. The van der Waals surface area contributed by atoms with Crippen LogP contribution in [0.2, 0.25) is 0 Å². The first-order valence-electron chi connectivity index (χ1n) is 6.39. The summed E-state index contributed by atoms with van der Waals surface area (Å²) in [5, 5.41) is 8.04. The highest BCUT2D eigenvalue weighted by Crippen LogP contribution is 2.25. The maximum atomic E-state index is 4.60. The summed E-state index contributed by atoms with van der Waals surface area (Å²) in [7, 11) is 0. The van der Waals surface area contributed by atoms with E-state index < -0.39 is 0 Å². The van der Waals surface area contributed by atoms with Crippen molar-refractivity contribution in [2.75, 3.05) is 5.32 Å². The quantitative estimate of drug-likeness (QED) is 0.813. The number of nitrogens with one attached hydrogen (secondary N) is 1. The van der Waals surface area contributed by atoms with Crippen molar-refractivity contribution in [1.29, 1.82) is 0 Å². The summed E-state index contributed by atoms with van der Waals surface area (Å²) in [6.45, 7) is 5.87. The van der Waals surface area contributed by atoms with Gasteiger partial charge in [-0.05, 0) is 57.3 Å². The van der Waals surface area contributed by atoms with Crippen LogP contribution in [0.25, 0.3) is 0 Å². The third kappa shape index (κ3) is 3.20. The normalized spacial score (nSPS) is 10.7. The van der Waals surface area contributed by atoms with Crippen LogP contribution in [-0.4, -0.2) is 9.78 Å². The summed E-state index contributed by atoms with van der Waals surface area (Å²) >= 11 is 7.21. The molecule has 0 aliphatic rings. The van der Waals surface area contributed by atoms with Gasteiger partial charge in [0.1, 0.15) is 0 Å². The van der Waals surface area contributed by atoms with E-state index in [2.05, 4.69) is 62.2 Å². The van der Waals surface area contributed by atoms with Gasteiger partial charge < -0.3 is 5.32 Å². The molecule has 1 aromatic carbocycles. The SMILES string of the molecule is CCc1nn(CC)c(CNc2ccccc2Br)c1Br. The lowest BCUT2D eigenvalue weighted by atomic mass is 10.3. The van der Waals surface area contributed by atoms with E-state index in [0.717, 1.165) is 39.8 Å². The minimum atomic E-state index is 0.754. The van der Waals surface area contributed by atoms with E-state index in [1.807, 2.05) is 22.9 Å². The number of hydrogen-bond donors (Lipinski definition) is 1. The number of aromatic nitrogens is 2. The van der Waals surface area contributed by atoms with Gasteiger partial charge in [0.15, 0.2) is 0 Å². The van der Waals surface area contributed by atoms with Gasteiger partial charge in [-0.3, -0.25) is 4.68 Å². The number of anilines is 1. The molecule has 3 nitrogen and oxygen atoms in total. The molecule has 0 radical (unpaired) electrons. The Bertz CT molecular complexity index is 564. The number of halogens is 2. The molecule has 0 fully saturated rings. The molecule has 1 heterocycles. The lowest BCUT2D eigenvalue weighted by Crippen LogP contribution is -2.08. The van der Waals surface area contributed by atoms with Crippen molar-refractivity contribution in [3.63, 3.8) is 0 Å². The van der Waals surface area contributed by atoms with Gasteiger partial charge in [0.2, 0.25) is 0 Å². The summed E-state index contributed by atoms with van der Waals surface area (Å²) in [5.41, 5.74) is 3.40. The Morgan fingerprint density at radius 2 is 1.95 bits per heavy atom. The zero-order valence-electron chi connectivity index (χ0n) is 11.1. The summed E-state index contributed by atoms with van der Waals surface area (Å²) in [5.74, 6) is 0. The topological polar surface area (TPSA) is 29.9 Å². The van der Waals surface area contributed by atoms with Gasteiger partial charge in [-0.1, -0.05) is 19.1 Å². The van der Waals surface area contributed by atoms with Gasteiger partial charge >= 0.3 is 0 Å². The van der Waals surface area contributed by atoms with Crippen molar-refractivity contribution in [3.05, 3.63) is 44.6 Å². The molecule has 0 unspecified atom stereocenters. The van der Waals surface area contributed by atoms with Crippen molar-refractivity contribution in [3.8, 4) is 0 Å². The van der Waals surface area contributed by atoms with E-state index in [0.29, 0.717) is 0 Å². The van der Waals surface area contributed by atoms with Crippen molar-refractivity contribution in [2.24, 2.45) is 0 Å². The van der Waals surface area contributed by atoms with Crippen LogP contribution in [0.15, 0.2) is 33.2 Å². The van der Waals surface area contributed by atoms with Gasteiger partial charge in [-0.2, -0.15) is 5.10 Å². The molecule has 0 bridgehead atoms. The van der Waals surface area contributed by atoms with Gasteiger partial charge in [-0.15, -0.1) is 0 Å². The van der Waals surface area contributed by atoms with E-state index in [1.54, 1.807) is 0 Å². The minimum Gasteiger partial charge on any atom is -0.378 e. The molecule has 102 valence electrons. The fraction of sp³-hybridized carbons (Fsp3) is 0.357. The van der Waals surface area contributed by atoms with Crippen molar-refractivity contribution < 1.29 is 0 Å². The smallest absolute Gasteiger partial charge is 0.0767 e. The predicted octanol–water partition coefficient (Wildman–Crippen LogP) is 4.60. The number of hydrogen-bond acceptors (Lipinski definition) is 2. The molecule has 2 aromatic rings. The lowest BCUT2D eigenvalue weighted by Gasteiger charge is -2.10. The second kappa shape index (κ2) is 6.57. The molecule has 5 heteroatoms. The predicted molar refractivity (Wildman–Crippen MR) is 86.4 cm³/mol. The fourth-order valence-electron chi connectivity index (χ4n) is 1.97. The van der Waals surface area contributed by atoms with Crippen molar-refractivity contribution in [2.45, 2.75) is 33.4 Å². The molecular formula is C14H17Br2N3. The van der Waals surface area contributed by atoms with Crippen LogP contribution in [0, 0.1) is 0 Å². The van der Waals surface area contributed by atoms with Gasteiger partial charge in [-0.25, -0.2) is 0 Å². The van der Waals surface area contributed by atoms with Gasteiger partial charge in [0, 0.05) is 16.7 Å². The Morgan fingerprint density at radius 3 is 2.58 bits per heavy atom. The van der Waals surface area contributed by atoms with Crippen LogP contribution >= 0.6 is 31.9 Å². The summed E-state index contributed by atoms with van der Waals surface area (Å²) in [4.78, 5) is 0. The molecule has 0 amide bonds. The molecule has 0 saturated heterocycles. The summed E-state index contributed by atoms with van der Waals surface area (Å²) in [6, 6.07) is 8.13. The highest BCUT2D eigenvalue weighted by molar-refractivity contribution is 9.11. The number of nitrogens with zero attached hydrogens (tertiary/aromatic N) is 2. The van der Waals surface area contributed by atoms with Gasteiger partial charge in [0.05, 0.1) is 22.4 Å². The maximum Gasteiger partial charge on any atom is 0.0767 e. The average Bonchev–Trinajstić information content (AvgIpc) is 2.74. The first-order chi connectivity index (χ1) is 9.17. The molecular weight excluding hydrogens is 370 g/mol. The van der Waals surface area contributed by atoms with E-state index in [1.165, 1.54) is 5.69 Å². The first kappa shape index (κ1) is 14.6. The fourth-order valence-corrected chi connectivity index (χ4v) is 3.10. The second-order valence-corrected chi connectivity index (χ2v) is 5.86. The number of aryl methyl sites for hydroxylation is 2. The largest absolute Gasteiger partial charge is 0.378 e. The van der Waals surface area contributed by atoms with Crippen LogP contribution < -0.4 is 5.32 Å². The number of benzene rings is 1. The number of rotatable bonds is 5. The lowest BCUT2D eigenvalue weighted by molar-refractivity contribution is 0.619. The Morgan fingerprint density at radius 1 is 1.21 bits per heavy atom. The minimum absolute atomic E-state index is 0.754. The molecule has 1 N–H and O–H groups in total. The molecule has 0 aliphatic heterocycles. The molecule has 19 heavy (non-hydrogen) atoms. The van der Waals surface area contributed by atoms with E-state index in [-0.39, 0.29) is 0 Å². The van der Waals surface area contributed by atoms with Crippen LogP contribution in [0.3, 0.4) is 0 Å². The van der Waals surface area contributed by atoms with Crippen LogP contribution in [0.1, 0.15) is 25.2 Å². The molecule has 2 rings (SSSR count).